The Balaban J connectivity index is 1.47. The number of hydrogen-bond acceptors (Lipinski definition) is 5. The Bertz CT molecular complexity index is 506. The molecule has 2 amide bonds. The van der Waals surface area contributed by atoms with E-state index in [1.807, 2.05) is 0 Å². The Morgan fingerprint density at radius 1 is 1.20 bits per heavy atom. The molecule has 1 aliphatic carbocycles. The van der Waals surface area contributed by atoms with Gasteiger partial charge < -0.3 is 9.64 Å². The molecule has 106 valence electrons. The summed E-state index contributed by atoms with van der Waals surface area (Å²) in [4.78, 5) is 25.0. The molecule has 1 spiro atoms. The average Bonchev–Trinajstić information content (AvgIpc) is 3.20. The predicted molar refractivity (Wildman–Crippen MR) is 70.0 cm³/mol. The Morgan fingerprint density at radius 3 is 2.55 bits per heavy atom. The van der Waals surface area contributed by atoms with Crippen molar-refractivity contribution in [3.63, 3.8) is 0 Å². The summed E-state index contributed by atoms with van der Waals surface area (Å²) in [5.74, 6) is 0. The molecule has 1 saturated carbocycles. The highest BCUT2D eigenvalue weighted by molar-refractivity contribution is 5.92. The largest absolute Gasteiger partial charge is 0.420 e. The first-order chi connectivity index (χ1) is 9.67. The quantitative estimate of drug-likeness (QED) is 0.793. The monoisotopic (exact) mass is 276 g/mol. The molecule has 0 radical (unpaired) electrons. The standard InChI is InChI=1S/C13H16N4O3/c18-11(16-10-1-6-14-15-9-10)20-12(19)17-7-4-13(2-3-13)5-8-17/h1,6,9H,2-5,7-8H2,(H,14,16,18). The zero-order chi connectivity index (χ0) is 14.0. The Morgan fingerprint density at radius 2 is 1.95 bits per heavy atom. The SMILES string of the molecule is O=C(Nc1ccnnc1)OC(=O)N1CCC2(CC1)CC2. The Labute approximate surface area is 116 Å². The van der Waals surface area contributed by atoms with Crippen LogP contribution in [0, 0.1) is 5.41 Å². The molecular formula is C13H16N4O3. The lowest BCUT2D eigenvalue weighted by Gasteiger charge is -2.30. The Hall–Kier alpha value is -2.18. The van der Waals surface area contributed by atoms with Crippen molar-refractivity contribution < 1.29 is 14.3 Å². The highest BCUT2D eigenvalue weighted by atomic mass is 16.6. The molecule has 7 nitrogen and oxygen atoms in total. The van der Waals surface area contributed by atoms with Crippen molar-refractivity contribution >= 4 is 17.9 Å². The summed E-state index contributed by atoms with van der Waals surface area (Å²) in [5.41, 5.74) is 0.926. The van der Waals surface area contributed by atoms with Gasteiger partial charge in [0.25, 0.3) is 0 Å². The number of carbonyl (C=O) groups excluding carboxylic acids is 2. The van der Waals surface area contributed by atoms with E-state index < -0.39 is 12.2 Å². The highest BCUT2D eigenvalue weighted by Gasteiger charge is 2.45. The first-order valence-electron chi connectivity index (χ1n) is 6.71. The smallest absolute Gasteiger partial charge is 0.359 e. The summed E-state index contributed by atoms with van der Waals surface area (Å²) in [6, 6.07) is 1.57. The van der Waals surface area contributed by atoms with Gasteiger partial charge in [0.05, 0.1) is 18.1 Å². The van der Waals surface area contributed by atoms with Gasteiger partial charge in [0.15, 0.2) is 0 Å². The number of nitrogens with one attached hydrogen (secondary N) is 1. The number of aromatic nitrogens is 2. The molecule has 0 atom stereocenters. The first kappa shape index (κ1) is 12.8. The van der Waals surface area contributed by atoms with Crippen molar-refractivity contribution in [2.45, 2.75) is 25.7 Å². The number of anilines is 1. The minimum Gasteiger partial charge on any atom is -0.359 e. The van der Waals surface area contributed by atoms with Crippen molar-refractivity contribution in [2.75, 3.05) is 18.4 Å². The van der Waals surface area contributed by atoms with Crippen LogP contribution in [0.4, 0.5) is 15.3 Å². The van der Waals surface area contributed by atoms with E-state index in [0.717, 1.165) is 12.8 Å². The van der Waals surface area contributed by atoms with Gasteiger partial charge in [-0.3, -0.25) is 5.32 Å². The van der Waals surface area contributed by atoms with Gasteiger partial charge in [-0.2, -0.15) is 10.2 Å². The lowest BCUT2D eigenvalue weighted by atomic mass is 9.94. The summed E-state index contributed by atoms with van der Waals surface area (Å²) < 4.78 is 4.77. The van der Waals surface area contributed by atoms with E-state index in [2.05, 4.69) is 15.5 Å². The number of hydrogen-bond donors (Lipinski definition) is 1. The van der Waals surface area contributed by atoms with Crippen LogP contribution in [0.1, 0.15) is 25.7 Å². The number of rotatable bonds is 1. The number of amides is 2. The lowest BCUT2D eigenvalue weighted by Crippen LogP contribution is -2.40. The first-order valence-corrected chi connectivity index (χ1v) is 6.71. The van der Waals surface area contributed by atoms with E-state index in [-0.39, 0.29) is 0 Å². The molecule has 1 N–H and O–H groups in total. The van der Waals surface area contributed by atoms with Crippen molar-refractivity contribution in [2.24, 2.45) is 5.41 Å². The van der Waals surface area contributed by atoms with E-state index in [1.54, 1.807) is 11.0 Å². The summed E-state index contributed by atoms with van der Waals surface area (Å²) in [6.07, 6.45) is 6.00. The van der Waals surface area contributed by atoms with Crippen molar-refractivity contribution in [3.8, 4) is 0 Å². The van der Waals surface area contributed by atoms with E-state index in [0.29, 0.717) is 24.2 Å². The number of carbonyl (C=O) groups is 2. The molecule has 0 bridgehead atoms. The second-order valence-electron chi connectivity index (χ2n) is 5.40. The van der Waals surface area contributed by atoms with Gasteiger partial charge in [-0.15, -0.1) is 0 Å². The van der Waals surface area contributed by atoms with Crippen LogP contribution < -0.4 is 5.32 Å². The number of nitrogens with zero attached hydrogens (tertiary/aromatic N) is 3. The van der Waals surface area contributed by atoms with Crippen LogP contribution >= 0.6 is 0 Å². The summed E-state index contributed by atoms with van der Waals surface area (Å²) in [7, 11) is 0. The fourth-order valence-corrected chi connectivity index (χ4v) is 2.49. The van der Waals surface area contributed by atoms with Crippen LogP contribution in [0.2, 0.25) is 0 Å². The van der Waals surface area contributed by atoms with Crippen LogP contribution in [-0.2, 0) is 4.74 Å². The van der Waals surface area contributed by atoms with Crippen LogP contribution in [0.25, 0.3) is 0 Å². The van der Waals surface area contributed by atoms with Crippen molar-refractivity contribution in [1.29, 1.82) is 0 Å². The summed E-state index contributed by atoms with van der Waals surface area (Å²) in [5, 5.41) is 9.63. The second-order valence-corrected chi connectivity index (χ2v) is 5.40. The number of piperidine rings is 1. The zero-order valence-corrected chi connectivity index (χ0v) is 11.0. The third kappa shape index (κ3) is 2.87. The van der Waals surface area contributed by atoms with E-state index in [9.17, 15) is 9.59 Å². The molecule has 1 aromatic heterocycles. The molecule has 7 heteroatoms. The van der Waals surface area contributed by atoms with Crippen LogP contribution in [0.5, 0.6) is 0 Å². The number of likely N-dealkylation sites (tertiary alicyclic amines) is 1. The zero-order valence-electron chi connectivity index (χ0n) is 11.0. The van der Waals surface area contributed by atoms with E-state index in [1.165, 1.54) is 25.2 Å². The molecule has 1 aromatic rings. The van der Waals surface area contributed by atoms with Gasteiger partial charge in [0.2, 0.25) is 0 Å². The molecule has 20 heavy (non-hydrogen) atoms. The molecule has 0 unspecified atom stereocenters. The summed E-state index contributed by atoms with van der Waals surface area (Å²) >= 11 is 0. The van der Waals surface area contributed by atoms with Crippen molar-refractivity contribution in [1.82, 2.24) is 15.1 Å². The highest BCUT2D eigenvalue weighted by Crippen LogP contribution is 2.53. The normalized spacial score (nSPS) is 19.5. The van der Waals surface area contributed by atoms with Gasteiger partial charge >= 0.3 is 12.2 Å². The molecule has 3 rings (SSSR count). The van der Waals surface area contributed by atoms with Crippen LogP contribution in [-0.4, -0.2) is 40.4 Å². The third-order valence-corrected chi connectivity index (χ3v) is 4.05. The fourth-order valence-electron chi connectivity index (χ4n) is 2.49. The van der Waals surface area contributed by atoms with E-state index in [4.69, 9.17) is 4.74 Å². The maximum Gasteiger partial charge on any atom is 0.420 e. The topological polar surface area (TPSA) is 84.4 Å². The minimum atomic E-state index is -0.797. The molecule has 0 aromatic carbocycles. The maximum atomic E-state index is 11.8. The molecule has 2 fully saturated rings. The molecule has 1 saturated heterocycles. The van der Waals surface area contributed by atoms with Gasteiger partial charge in [-0.05, 0) is 37.2 Å². The van der Waals surface area contributed by atoms with Gasteiger partial charge in [0.1, 0.15) is 0 Å². The summed E-state index contributed by atoms with van der Waals surface area (Å²) in [6.45, 7) is 1.34. The number of ether oxygens (including phenoxy) is 1. The second kappa shape index (κ2) is 5.07. The molecular weight excluding hydrogens is 260 g/mol. The fraction of sp³-hybridized carbons (Fsp3) is 0.538. The van der Waals surface area contributed by atoms with Crippen molar-refractivity contribution in [3.05, 3.63) is 18.5 Å². The minimum absolute atomic E-state index is 0.438. The average molecular weight is 276 g/mol. The molecule has 2 aliphatic rings. The lowest BCUT2D eigenvalue weighted by molar-refractivity contribution is 0.106. The van der Waals surface area contributed by atoms with Gasteiger partial charge in [-0.25, -0.2) is 9.59 Å². The van der Waals surface area contributed by atoms with Gasteiger partial charge in [0, 0.05) is 13.1 Å². The van der Waals surface area contributed by atoms with Gasteiger partial charge in [-0.1, -0.05) is 0 Å². The third-order valence-electron chi connectivity index (χ3n) is 4.05. The van der Waals surface area contributed by atoms with E-state index >= 15 is 0 Å². The van der Waals surface area contributed by atoms with Crippen LogP contribution in [0.15, 0.2) is 18.5 Å². The van der Waals surface area contributed by atoms with Crippen LogP contribution in [0.3, 0.4) is 0 Å². The maximum absolute atomic E-state index is 11.8. The molecule has 1 aliphatic heterocycles. The molecule has 2 heterocycles. The predicted octanol–water partition coefficient (Wildman–Crippen LogP) is 2.02. The Kier molecular flexibility index (Phi) is 3.25.